The molecule has 0 saturated carbocycles. The summed E-state index contributed by atoms with van der Waals surface area (Å²) in [6.45, 7) is 6.62. The number of rotatable bonds is 3. The van der Waals surface area contributed by atoms with Crippen LogP contribution in [0.2, 0.25) is 0 Å². The molecular weight excluding hydrogens is 435 g/mol. The number of aryl methyl sites for hydroxylation is 2. The van der Waals surface area contributed by atoms with Crippen molar-refractivity contribution in [2.24, 2.45) is 0 Å². The molecule has 1 aliphatic rings. The fourth-order valence-electron chi connectivity index (χ4n) is 3.85. The Bertz CT molecular complexity index is 1240. The minimum atomic E-state index is -1.48. The zero-order valence-electron chi connectivity index (χ0n) is 18.8. The highest BCUT2D eigenvalue weighted by Crippen LogP contribution is 2.28. The molecule has 2 amide bonds. The van der Waals surface area contributed by atoms with Crippen molar-refractivity contribution in [3.8, 4) is 5.88 Å². The Balaban J connectivity index is 1.49. The third kappa shape index (κ3) is 4.24. The third-order valence-electron chi connectivity index (χ3n) is 5.95. The Morgan fingerprint density at radius 1 is 0.939 bits per heavy atom. The van der Waals surface area contributed by atoms with Gasteiger partial charge in [-0.15, -0.1) is 0 Å². The number of nitrogens with zero attached hydrogens (tertiary/aromatic N) is 4. The first kappa shape index (κ1) is 22.6. The number of benzene rings is 2. The second kappa shape index (κ2) is 8.76. The zero-order valence-corrected chi connectivity index (χ0v) is 18.8. The number of hydrogen-bond donors (Lipinski definition) is 1. The van der Waals surface area contributed by atoms with E-state index in [1.54, 1.807) is 9.80 Å². The van der Waals surface area contributed by atoms with Crippen LogP contribution in [0, 0.1) is 38.2 Å². The molecule has 33 heavy (non-hydrogen) atoms. The number of fused-ring (bicyclic) bond motifs is 1. The maximum atomic E-state index is 13.9. The number of piperazine rings is 1. The van der Waals surface area contributed by atoms with Gasteiger partial charge in [0, 0.05) is 43.5 Å². The summed E-state index contributed by atoms with van der Waals surface area (Å²) in [6.07, 6.45) is 0. The van der Waals surface area contributed by atoms with Crippen LogP contribution in [0.15, 0.2) is 18.2 Å². The van der Waals surface area contributed by atoms with Gasteiger partial charge in [0.05, 0.1) is 18.1 Å². The maximum Gasteiger partial charge on any atom is 0.323 e. The van der Waals surface area contributed by atoms with Gasteiger partial charge in [-0.1, -0.05) is 0 Å². The van der Waals surface area contributed by atoms with Crippen LogP contribution in [0.1, 0.15) is 16.7 Å². The summed E-state index contributed by atoms with van der Waals surface area (Å²) in [7, 11) is 1.45. The van der Waals surface area contributed by atoms with Crippen LogP contribution in [0.25, 0.3) is 11.0 Å². The highest BCUT2D eigenvalue weighted by Gasteiger charge is 2.26. The van der Waals surface area contributed by atoms with Crippen LogP contribution in [-0.2, 0) is 0 Å². The topological polar surface area (TPSA) is 70.6 Å². The highest BCUT2D eigenvalue weighted by atomic mass is 19.2. The van der Waals surface area contributed by atoms with E-state index in [0.717, 1.165) is 17.2 Å². The smallest absolute Gasteiger partial charge is 0.323 e. The molecule has 4 rings (SSSR count). The normalized spacial score (nSPS) is 14.0. The predicted molar refractivity (Wildman–Crippen MR) is 119 cm³/mol. The minimum absolute atomic E-state index is 0.0357. The SMILES string of the molecule is COc1nc2cc(C)c(C)cc2nc1NC(=O)N1CCN(c2cc(F)c(F)c(F)c2C)CC1. The molecule has 0 aliphatic carbocycles. The lowest BCUT2D eigenvalue weighted by molar-refractivity contribution is 0.208. The Morgan fingerprint density at radius 3 is 2.15 bits per heavy atom. The Kier molecular flexibility index (Phi) is 6.01. The molecule has 0 atom stereocenters. The van der Waals surface area contributed by atoms with E-state index in [0.29, 0.717) is 37.2 Å². The first-order chi connectivity index (χ1) is 15.7. The van der Waals surface area contributed by atoms with Crippen molar-refractivity contribution in [3.63, 3.8) is 0 Å². The summed E-state index contributed by atoms with van der Waals surface area (Å²) in [5, 5.41) is 2.75. The summed E-state index contributed by atoms with van der Waals surface area (Å²) < 4.78 is 46.4. The van der Waals surface area contributed by atoms with Crippen LogP contribution in [-0.4, -0.2) is 54.2 Å². The third-order valence-corrected chi connectivity index (χ3v) is 5.95. The van der Waals surface area contributed by atoms with E-state index in [-0.39, 0.29) is 22.9 Å². The molecule has 0 radical (unpaired) electrons. The van der Waals surface area contributed by atoms with Crippen molar-refractivity contribution >= 4 is 28.6 Å². The van der Waals surface area contributed by atoms with Crippen molar-refractivity contribution in [1.29, 1.82) is 0 Å². The second-order valence-electron chi connectivity index (χ2n) is 8.04. The highest BCUT2D eigenvalue weighted by molar-refractivity contribution is 5.91. The molecule has 10 heteroatoms. The summed E-state index contributed by atoms with van der Waals surface area (Å²) in [5.74, 6) is -3.51. The van der Waals surface area contributed by atoms with Gasteiger partial charge in [0.1, 0.15) is 0 Å². The largest absolute Gasteiger partial charge is 0.478 e. The molecule has 1 N–H and O–H groups in total. The number of urea groups is 1. The van der Waals surface area contributed by atoms with Crippen molar-refractivity contribution in [2.45, 2.75) is 20.8 Å². The number of ether oxygens (including phenoxy) is 1. The molecule has 1 saturated heterocycles. The average molecular weight is 459 g/mol. The summed E-state index contributed by atoms with van der Waals surface area (Å²) in [5.41, 5.74) is 3.74. The fourth-order valence-corrected chi connectivity index (χ4v) is 3.85. The average Bonchev–Trinajstić information content (AvgIpc) is 2.80. The van der Waals surface area contributed by atoms with Gasteiger partial charge in [-0.3, -0.25) is 5.32 Å². The number of carbonyl (C=O) groups excluding carboxylic acids is 1. The predicted octanol–water partition coefficient (Wildman–Crippen LogP) is 4.34. The van der Waals surface area contributed by atoms with Crippen molar-refractivity contribution in [2.75, 3.05) is 43.5 Å². The molecule has 174 valence electrons. The van der Waals surface area contributed by atoms with Crippen LogP contribution in [0.4, 0.5) is 29.5 Å². The number of hydrogen-bond acceptors (Lipinski definition) is 5. The first-order valence-electron chi connectivity index (χ1n) is 10.5. The van der Waals surface area contributed by atoms with Gasteiger partial charge in [0.15, 0.2) is 23.3 Å². The lowest BCUT2D eigenvalue weighted by Gasteiger charge is -2.36. The molecule has 1 fully saturated rings. The number of methoxy groups -OCH3 is 1. The summed E-state index contributed by atoms with van der Waals surface area (Å²) >= 11 is 0. The van der Waals surface area contributed by atoms with E-state index >= 15 is 0 Å². The monoisotopic (exact) mass is 459 g/mol. The zero-order chi connectivity index (χ0) is 23.9. The number of aromatic nitrogens is 2. The minimum Gasteiger partial charge on any atom is -0.478 e. The van der Waals surface area contributed by atoms with Gasteiger partial charge >= 0.3 is 6.03 Å². The van der Waals surface area contributed by atoms with Gasteiger partial charge in [-0.2, -0.15) is 0 Å². The molecule has 0 spiro atoms. The van der Waals surface area contributed by atoms with Crippen LogP contribution >= 0.6 is 0 Å². The van der Waals surface area contributed by atoms with E-state index in [2.05, 4.69) is 15.3 Å². The number of nitrogens with one attached hydrogen (secondary N) is 1. The van der Waals surface area contributed by atoms with Gasteiger partial charge in [0.2, 0.25) is 0 Å². The maximum absolute atomic E-state index is 13.9. The van der Waals surface area contributed by atoms with E-state index in [4.69, 9.17) is 4.74 Å². The first-order valence-corrected chi connectivity index (χ1v) is 10.5. The number of halogens is 3. The Morgan fingerprint density at radius 2 is 1.55 bits per heavy atom. The molecule has 0 unspecified atom stereocenters. The van der Waals surface area contributed by atoms with Crippen molar-refractivity contribution in [1.82, 2.24) is 14.9 Å². The van der Waals surface area contributed by atoms with Crippen LogP contribution < -0.4 is 15.0 Å². The van der Waals surface area contributed by atoms with Gasteiger partial charge < -0.3 is 14.5 Å². The standard InChI is InChI=1S/C23H24F3N5O2/c1-12-9-16-17(10-13(12)2)28-22(33-4)21(27-16)29-23(32)31-7-5-30(6-8-31)18-11-15(24)20(26)19(25)14(18)3/h9-11H,5-8H2,1-4H3,(H,27,29,32). The lowest BCUT2D eigenvalue weighted by Crippen LogP contribution is -2.50. The number of amides is 2. The number of carbonyl (C=O) groups is 1. The van der Waals surface area contributed by atoms with Gasteiger partial charge in [-0.25, -0.2) is 27.9 Å². The molecule has 2 aromatic carbocycles. The second-order valence-corrected chi connectivity index (χ2v) is 8.04. The van der Waals surface area contributed by atoms with Crippen LogP contribution in [0.3, 0.4) is 0 Å². The van der Waals surface area contributed by atoms with Crippen molar-refractivity contribution in [3.05, 3.63) is 52.3 Å². The molecule has 7 nitrogen and oxygen atoms in total. The molecule has 2 heterocycles. The number of anilines is 2. The molecule has 1 aromatic heterocycles. The summed E-state index contributed by atoms with van der Waals surface area (Å²) in [4.78, 5) is 25.1. The van der Waals surface area contributed by atoms with E-state index in [9.17, 15) is 18.0 Å². The van der Waals surface area contributed by atoms with E-state index < -0.39 is 23.5 Å². The van der Waals surface area contributed by atoms with Crippen LogP contribution in [0.5, 0.6) is 5.88 Å². The van der Waals surface area contributed by atoms with Gasteiger partial charge in [-0.05, 0) is 44.0 Å². The Labute approximate surface area is 189 Å². The van der Waals surface area contributed by atoms with Crippen molar-refractivity contribution < 1.29 is 22.7 Å². The quantitative estimate of drug-likeness (QED) is 0.591. The molecular formula is C23H24F3N5O2. The fraction of sp³-hybridized carbons (Fsp3) is 0.348. The molecule has 3 aromatic rings. The summed E-state index contributed by atoms with van der Waals surface area (Å²) in [6, 6.07) is 4.41. The van der Waals surface area contributed by atoms with Gasteiger partial charge in [0.25, 0.3) is 5.88 Å². The van der Waals surface area contributed by atoms with E-state index in [1.807, 2.05) is 26.0 Å². The lowest BCUT2D eigenvalue weighted by atomic mass is 10.1. The van der Waals surface area contributed by atoms with E-state index in [1.165, 1.54) is 14.0 Å². The Hall–Kier alpha value is -3.56. The molecule has 1 aliphatic heterocycles. The molecule has 0 bridgehead atoms.